The van der Waals surface area contributed by atoms with Gasteiger partial charge in [0.15, 0.2) is 11.4 Å². The number of nitrogens with zero attached hydrogens (tertiary/aromatic N) is 4. The number of hydrogen-bond acceptors (Lipinski definition) is 7. The Kier molecular flexibility index (Phi) is 4.40. The molecule has 132 valence electrons. The standard InChI is InChI=1S/C18H23N5O2/c1-12(19-2)11-16-21-17(25-22-16)13-7-9-23(10-8-13)18-20-14-5-3-4-6-15(14)24-18/h3-6,12-13,19H,7-11H2,1-2H3. The fourth-order valence-corrected chi connectivity index (χ4v) is 3.21. The van der Waals surface area contributed by atoms with Crippen LogP contribution in [0.25, 0.3) is 11.1 Å². The highest BCUT2D eigenvalue weighted by Gasteiger charge is 2.27. The summed E-state index contributed by atoms with van der Waals surface area (Å²) < 4.78 is 11.4. The zero-order chi connectivity index (χ0) is 17.2. The van der Waals surface area contributed by atoms with E-state index in [4.69, 9.17) is 8.94 Å². The third kappa shape index (κ3) is 3.37. The van der Waals surface area contributed by atoms with Crippen molar-refractivity contribution in [3.8, 4) is 0 Å². The van der Waals surface area contributed by atoms with E-state index >= 15 is 0 Å². The van der Waals surface area contributed by atoms with Crippen molar-refractivity contribution in [2.45, 2.75) is 38.1 Å². The number of fused-ring (bicyclic) bond motifs is 1. The molecule has 3 heterocycles. The van der Waals surface area contributed by atoms with Crippen LogP contribution in [0.1, 0.15) is 37.4 Å². The number of nitrogens with one attached hydrogen (secondary N) is 1. The maximum atomic E-state index is 5.87. The third-order valence-electron chi connectivity index (χ3n) is 4.86. The lowest BCUT2D eigenvalue weighted by Crippen LogP contribution is -2.33. The summed E-state index contributed by atoms with van der Waals surface area (Å²) in [4.78, 5) is 11.4. The van der Waals surface area contributed by atoms with Gasteiger partial charge in [-0.1, -0.05) is 17.3 Å². The van der Waals surface area contributed by atoms with Crippen molar-refractivity contribution < 1.29 is 8.94 Å². The van der Waals surface area contributed by atoms with Gasteiger partial charge >= 0.3 is 0 Å². The molecule has 1 saturated heterocycles. The van der Waals surface area contributed by atoms with Gasteiger partial charge in [-0.15, -0.1) is 0 Å². The predicted molar refractivity (Wildman–Crippen MR) is 94.7 cm³/mol. The average molecular weight is 341 g/mol. The first-order valence-electron chi connectivity index (χ1n) is 8.83. The van der Waals surface area contributed by atoms with Crippen molar-refractivity contribution in [1.29, 1.82) is 0 Å². The number of para-hydroxylation sites is 2. The van der Waals surface area contributed by atoms with Crippen LogP contribution in [0, 0.1) is 0 Å². The molecule has 1 N–H and O–H groups in total. The number of likely N-dealkylation sites (N-methyl/N-ethyl adjacent to an activating group) is 1. The lowest BCUT2D eigenvalue weighted by molar-refractivity contribution is 0.323. The summed E-state index contributed by atoms with van der Waals surface area (Å²) in [7, 11) is 1.94. The van der Waals surface area contributed by atoms with E-state index in [0.29, 0.717) is 18.0 Å². The molecule has 2 aromatic heterocycles. The molecule has 1 atom stereocenters. The topological polar surface area (TPSA) is 80.2 Å². The highest BCUT2D eigenvalue weighted by atomic mass is 16.5. The van der Waals surface area contributed by atoms with Crippen LogP contribution in [0.2, 0.25) is 0 Å². The molecular formula is C18H23N5O2. The zero-order valence-corrected chi connectivity index (χ0v) is 14.6. The number of aromatic nitrogens is 3. The Bertz CT molecular complexity index is 802. The summed E-state index contributed by atoms with van der Waals surface area (Å²) in [6.07, 6.45) is 2.70. The normalized spacial score (nSPS) is 17.3. The summed E-state index contributed by atoms with van der Waals surface area (Å²) in [6, 6.07) is 8.90. The van der Waals surface area contributed by atoms with Gasteiger partial charge in [0.25, 0.3) is 6.01 Å². The molecule has 0 saturated carbocycles. The Morgan fingerprint density at radius 3 is 2.80 bits per heavy atom. The van der Waals surface area contributed by atoms with Gasteiger partial charge in [-0.2, -0.15) is 9.97 Å². The Morgan fingerprint density at radius 1 is 1.24 bits per heavy atom. The number of rotatable bonds is 5. The lowest BCUT2D eigenvalue weighted by Gasteiger charge is -2.28. The number of piperidine rings is 1. The van der Waals surface area contributed by atoms with Gasteiger partial charge in [0, 0.05) is 31.5 Å². The molecule has 1 aliphatic rings. The maximum Gasteiger partial charge on any atom is 0.298 e. The van der Waals surface area contributed by atoms with Gasteiger partial charge in [0.2, 0.25) is 5.89 Å². The van der Waals surface area contributed by atoms with Gasteiger partial charge < -0.3 is 19.2 Å². The second-order valence-corrected chi connectivity index (χ2v) is 6.67. The van der Waals surface area contributed by atoms with E-state index in [1.807, 2.05) is 31.3 Å². The van der Waals surface area contributed by atoms with Gasteiger partial charge in [-0.05, 0) is 38.9 Å². The van der Waals surface area contributed by atoms with Gasteiger partial charge in [0.1, 0.15) is 5.52 Å². The van der Waals surface area contributed by atoms with Crippen molar-refractivity contribution in [3.05, 3.63) is 36.0 Å². The molecule has 1 unspecified atom stereocenters. The Morgan fingerprint density at radius 2 is 2.04 bits per heavy atom. The van der Waals surface area contributed by atoms with Crippen molar-refractivity contribution in [2.75, 3.05) is 25.0 Å². The zero-order valence-electron chi connectivity index (χ0n) is 14.6. The van der Waals surface area contributed by atoms with Crippen LogP contribution in [0.4, 0.5) is 6.01 Å². The summed E-state index contributed by atoms with van der Waals surface area (Å²) >= 11 is 0. The van der Waals surface area contributed by atoms with Crippen molar-refractivity contribution in [2.24, 2.45) is 0 Å². The Labute approximate surface area is 146 Å². The molecule has 1 aliphatic heterocycles. The fraction of sp³-hybridized carbons (Fsp3) is 0.500. The SMILES string of the molecule is CNC(C)Cc1noc(C2CCN(c3nc4ccccc4o3)CC2)n1. The molecule has 0 radical (unpaired) electrons. The van der Waals surface area contributed by atoms with E-state index in [-0.39, 0.29) is 0 Å². The minimum absolute atomic E-state index is 0.312. The minimum atomic E-state index is 0.312. The molecule has 3 aromatic rings. The van der Waals surface area contributed by atoms with E-state index in [9.17, 15) is 0 Å². The summed E-state index contributed by atoms with van der Waals surface area (Å²) in [5.41, 5.74) is 1.74. The molecule has 0 aliphatic carbocycles. The second-order valence-electron chi connectivity index (χ2n) is 6.67. The smallest absolute Gasteiger partial charge is 0.298 e. The van der Waals surface area contributed by atoms with Crippen molar-refractivity contribution in [1.82, 2.24) is 20.4 Å². The third-order valence-corrected chi connectivity index (χ3v) is 4.86. The van der Waals surface area contributed by atoms with Crippen LogP contribution in [-0.2, 0) is 6.42 Å². The number of benzene rings is 1. The highest BCUT2D eigenvalue weighted by Crippen LogP contribution is 2.30. The molecule has 0 spiro atoms. The molecule has 4 rings (SSSR count). The van der Waals surface area contributed by atoms with Gasteiger partial charge in [0.05, 0.1) is 0 Å². The number of anilines is 1. The van der Waals surface area contributed by atoms with Crippen LogP contribution < -0.4 is 10.2 Å². The van der Waals surface area contributed by atoms with Crippen LogP contribution >= 0.6 is 0 Å². The number of oxazole rings is 1. The fourth-order valence-electron chi connectivity index (χ4n) is 3.21. The van der Waals surface area contributed by atoms with E-state index < -0.39 is 0 Å². The summed E-state index contributed by atoms with van der Waals surface area (Å²) in [5.74, 6) is 1.85. The van der Waals surface area contributed by atoms with E-state index in [1.54, 1.807) is 0 Å². The summed E-state index contributed by atoms with van der Waals surface area (Å²) in [5, 5.41) is 7.31. The monoisotopic (exact) mass is 341 g/mol. The molecule has 25 heavy (non-hydrogen) atoms. The predicted octanol–water partition coefficient (Wildman–Crippen LogP) is 2.75. The van der Waals surface area contributed by atoms with E-state index in [1.165, 1.54) is 0 Å². The molecular weight excluding hydrogens is 318 g/mol. The van der Waals surface area contributed by atoms with E-state index in [2.05, 4.69) is 32.3 Å². The van der Waals surface area contributed by atoms with Crippen LogP contribution in [-0.4, -0.2) is 41.3 Å². The molecule has 1 fully saturated rings. The molecule has 0 amide bonds. The second kappa shape index (κ2) is 6.84. The Hall–Kier alpha value is -2.41. The minimum Gasteiger partial charge on any atom is -0.423 e. The first kappa shape index (κ1) is 16.1. The molecule has 0 bridgehead atoms. The largest absolute Gasteiger partial charge is 0.423 e. The van der Waals surface area contributed by atoms with Crippen LogP contribution in [0.15, 0.2) is 33.2 Å². The quantitative estimate of drug-likeness (QED) is 0.764. The van der Waals surface area contributed by atoms with Crippen LogP contribution in [0.3, 0.4) is 0 Å². The van der Waals surface area contributed by atoms with Crippen molar-refractivity contribution in [3.63, 3.8) is 0 Å². The van der Waals surface area contributed by atoms with Gasteiger partial charge in [-0.3, -0.25) is 0 Å². The first-order chi connectivity index (χ1) is 12.2. The lowest BCUT2D eigenvalue weighted by atomic mass is 9.97. The van der Waals surface area contributed by atoms with Crippen LogP contribution in [0.5, 0.6) is 0 Å². The molecule has 7 heteroatoms. The number of hydrogen-bond donors (Lipinski definition) is 1. The average Bonchev–Trinajstić information content (AvgIpc) is 3.28. The molecule has 7 nitrogen and oxygen atoms in total. The molecule has 1 aromatic carbocycles. The maximum absolute atomic E-state index is 5.87. The van der Waals surface area contributed by atoms with Gasteiger partial charge in [-0.25, -0.2) is 0 Å². The summed E-state index contributed by atoms with van der Waals surface area (Å²) in [6.45, 7) is 3.86. The van der Waals surface area contributed by atoms with E-state index in [0.717, 1.165) is 55.2 Å². The van der Waals surface area contributed by atoms with Crippen molar-refractivity contribution >= 4 is 17.1 Å². The first-order valence-corrected chi connectivity index (χ1v) is 8.83. The Balaban J connectivity index is 1.39. The highest BCUT2D eigenvalue weighted by molar-refractivity contribution is 5.74.